The minimum Gasteiger partial charge on any atom is -0.483 e. The summed E-state index contributed by atoms with van der Waals surface area (Å²) in [5.74, 6) is -1.69. The molecule has 0 aliphatic carbocycles. The summed E-state index contributed by atoms with van der Waals surface area (Å²) in [5, 5.41) is 2.41. The molecular weight excluding hydrogens is 286 g/mol. The molecule has 0 saturated carbocycles. The number of hydrogen-bond donors (Lipinski definition) is 3. The van der Waals surface area contributed by atoms with Crippen molar-refractivity contribution in [3.63, 3.8) is 0 Å². The lowest BCUT2D eigenvalue weighted by atomic mass is 10.1. The van der Waals surface area contributed by atoms with Gasteiger partial charge in [0.2, 0.25) is 0 Å². The molecule has 120 valence electrons. The predicted molar refractivity (Wildman–Crippen MR) is 81.0 cm³/mol. The minimum absolute atomic E-state index is 0.165. The van der Waals surface area contributed by atoms with Gasteiger partial charge in [0, 0.05) is 6.04 Å². The molecule has 0 atom stereocenters. The summed E-state index contributed by atoms with van der Waals surface area (Å²) < 4.78 is 5.42. The number of para-hydroxylation sites is 1. The Morgan fingerprint density at radius 2 is 1.64 bits per heavy atom. The van der Waals surface area contributed by atoms with Crippen molar-refractivity contribution >= 4 is 17.7 Å². The summed E-state index contributed by atoms with van der Waals surface area (Å²) in [6.07, 6.45) is 0. The number of ether oxygens (including phenoxy) is 1. The molecule has 0 spiro atoms. The van der Waals surface area contributed by atoms with E-state index >= 15 is 0 Å². The van der Waals surface area contributed by atoms with E-state index in [0.717, 1.165) is 11.1 Å². The molecule has 7 heteroatoms. The van der Waals surface area contributed by atoms with Crippen molar-refractivity contribution in [2.75, 3.05) is 6.61 Å². The first-order valence-electron chi connectivity index (χ1n) is 6.90. The van der Waals surface area contributed by atoms with Crippen LogP contribution in [0.1, 0.15) is 25.0 Å². The molecule has 0 aromatic heterocycles. The predicted octanol–water partition coefficient (Wildman–Crippen LogP) is 0.354. The van der Waals surface area contributed by atoms with E-state index in [1.54, 1.807) is 13.8 Å². The van der Waals surface area contributed by atoms with Crippen LogP contribution in [-0.4, -0.2) is 30.4 Å². The number of hydrazine groups is 1. The van der Waals surface area contributed by atoms with Gasteiger partial charge in [-0.2, -0.15) is 0 Å². The topological polar surface area (TPSA) is 96.5 Å². The first-order valence-corrected chi connectivity index (χ1v) is 6.90. The fraction of sp³-hybridized carbons (Fsp3) is 0.400. The molecular formula is C15H21N3O4. The maximum atomic E-state index is 11.6. The van der Waals surface area contributed by atoms with Crippen molar-refractivity contribution in [2.45, 2.75) is 33.7 Å². The Bertz CT molecular complexity index is 550. The zero-order chi connectivity index (χ0) is 16.7. The van der Waals surface area contributed by atoms with Gasteiger partial charge in [-0.05, 0) is 38.8 Å². The van der Waals surface area contributed by atoms with Crippen molar-refractivity contribution in [3.05, 3.63) is 29.3 Å². The van der Waals surface area contributed by atoms with Gasteiger partial charge in [0.1, 0.15) is 5.75 Å². The largest absolute Gasteiger partial charge is 0.483 e. The zero-order valence-corrected chi connectivity index (χ0v) is 13.1. The highest BCUT2D eigenvalue weighted by atomic mass is 16.5. The molecule has 7 nitrogen and oxygen atoms in total. The van der Waals surface area contributed by atoms with E-state index in [-0.39, 0.29) is 12.6 Å². The zero-order valence-electron chi connectivity index (χ0n) is 13.1. The lowest BCUT2D eigenvalue weighted by Gasteiger charge is -2.12. The molecule has 0 heterocycles. The van der Waals surface area contributed by atoms with Gasteiger partial charge in [-0.1, -0.05) is 18.2 Å². The van der Waals surface area contributed by atoms with Gasteiger partial charge in [0.15, 0.2) is 6.61 Å². The molecule has 0 fully saturated rings. The highest BCUT2D eigenvalue weighted by molar-refractivity contribution is 6.35. The summed E-state index contributed by atoms with van der Waals surface area (Å²) in [4.78, 5) is 34.3. The Labute approximate surface area is 129 Å². The van der Waals surface area contributed by atoms with Gasteiger partial charge < -0.3 is 10.1 Å². The SMILES string of the molecule is Cc1cccc(C)c1OCC(=O)NNC(=O)C(=O)NC(C)C. The van der Waals surface area contributed by atoms with Crippen molar-refractivity contribution in [3.8, 4) is 5.75 Å². The second-order valence-electron chi connectivity index (χ2n) is 5.14. The Kier molecular flexibility index (Phi) is 6.37. The molecule has 0 aliphatic rings. The van der Waals surface area contributed by atoms with Crippen LogP contribution in [-0.2, 0) is 14.4 Å². The first-order chi connectivity index (χ1) is 10.3. The number of aryl methyl sites for hydroxylation is 2. The lowest BCUT2D eigenvalue weighted by Crippen LogP contribution is -2.50. The molecule has 0 saturated heterocycles. The minimum atomic E-state index is -0.936. The molecule has 22 heavy (non-hydrogen) atoms. The summed E-state index contributed by atoms with van der Waals surface area (Å²) in [7, 11) is 0. The van der Waals surface area contributed by atoms with Gasteiger partial charge >= 0.3 is 11.8 Å². The molecule has 3 N–H and O–H groups in total. The Morgan fingerprint density at radius 1 is 1.05 bits per heavy atom. The van der Waals surface area contributed by atoms with Crippen LogP contribution in [0.15, 0.2) is 18.2 Å². The molecule has 0 aliphatic heterocycles. The van der Waals surface area contributed by atoms with Crippen LogP contribution >= 0.6 is 0 Å². The van der Waals surface area contributed by atoms with E-state index in [0.29, 0.717) is 5.75 Å². The third-order valence-corrected chi connectivity index (χ3v) is 2.70. The van der Waals surface area contributed by atoms with E-state index in [9.17, 15) is 14.4 Å². The molecule has 1 aromatic rings. The maximum Gasteiger partial charge on any atom is 0.327 e. The van der Waals surface area contributed by atoms with Crippen LogP contribution in [0, 0.1) is 13.8 Å². The van der Waals surface area contributed by atoms with Gasteiger partial charge in [0.05, 0.1) is 0 Å². The van der Waals surface area contributed by atoms with E-state index in [1.807, 2.05) is 37.5 Å². The third-order valence-electron chi connectivity index (χ3n) is 2.70. The standard InChI is InChI=1S/C15H21N3O4/c1-9(2)16-14(20)15(21)18-17-12(19)8-22-13-10(3)6-5-7-11(13)4/h5-7,9H,8H2,1-4H3,(H,16,20)(H,17,19)(H,18,21). The first kappa shape index (κ1) is 17.5. The van der Waals surface area contributed by atoms with Crippen molar-refractivity contribution in [1.29, 1.82) is 0 Å². The van der Waals surface area contributed by atoms with E-state index in [1.165, 1.54) is 0 Å². The van der Waals surface area contributed by atoms with Gasteiger partial charge in [-0.25, -0.2) is 0 Å². The number of benzene rings is 1. The summed E-state index contributed by atoms with van der Waals surface area (Å²) >= 11 is 0. The molecule has 0 bridgehead atoms. The van der Waals surface area contributed by atoms with Crippen molar-refractivity contribution in [1.82, 2.24) is 16.2 Å². The van der Waals surface area contributed by atoms with Crippen LogP contribution in [0.4, 0.5) is 0 Å². The van der Waals surface area contributed by atoms with Gasteiger partial charge in [0.25, 0.3) is 5.91 Å². The van der Waals surface area contributed by atoms with Crippen LogP contribution in [0.3, 0.4) is 0 Å². The molecule has 3 amide bonds. The highest BCUT2D eigenvalue weighted by Gasteiger charge is 2.15. The van der Waals surface area contributed by atoms with Crippen LogP contribution in [0.25, 0.3) is 0 Å². The second-order valence-corrected chi connectivity index (χ2v) is 5.14. The smallest absolute Gasteiger partial charge is 0.327 e. The Balaban J connectivity index is 2.41. The number of amides is 3. The molecule has 1 rings (SSSR count). The van der Waals surface area contributed by atoms with Gasteiger partial charge in [-0.15, -0.1) is 0 Å². The Hall–Kier alpha value is -2.57. The highest BCUT2D eigenvalue weighted by Crippen LogP contribution is 2.21. The monoisotopic (exact) mass is 307 g/mol. The number of nitrogens with one attached hydrogen (secondary N) is 3. The van der Waals surface area contributed by atoms with E-state index < -0.39 is 17.7 Å². The number of rotatable bonds is 4. The molecule has 0 radical (unpaired) electrons. The van der Waals surface area contributed by atoms with Crippen LogP contribution < -0.4 is 20.9 Å². The van der Waals surface area contributed by atoms with E-state index in [4.69, 9.17) is 4.74 Å². The molecule has 0 unspecified atom stereocenters. The summed E-state index contributed by atoms with van der Waals surface area (Å²) in [6, 6.07) is 5.48. The Morgan fingerprint density at radius 3 is 2.18 bits per heavy atom. The lowest BCUT2D eigenvalue weighted by molar-refractivity contribution is -0.141. The van der Waals surface area contributed by atoms with E-state index in [2.05, 4.69) is 10.7 Å². The fourth-order valence-corrected chi connectivity index (χ4v) is 1.71. The quantitative estimate of drug-likeness (QED) is 0.552. The summed E-state index contributed by atoms with van der Waals surface area (Å²) in [5.41, 5.74) is 5.96. The van der Waals surface area contributed by atoms with Crippen molar-refractivity contribution in [2.24, 2.45) is 0 Å². The number of carbonyl (C=O) groups excluding carboxylic acids is 3. The number of hydrogen-bond acceptors (Lipinski definition) is 4. The van der Waals surface area contributed by atoms with Gasteiger partial charge in [-0.3, -0.25) is 25.2 Å². The normalized spacial score (nSPS) is 10.0. The van der Waals surface area contributed by atoms with Crippen molar-refractivity contribution < 1.29 is 19.1 Å². The van der Waals surface area contributed by atoms with Crippen LogP contribution in [0.2, 0.25) is 0 Å². The second kappa shape index (κ2) is 8.02. The average molecular weight is 307 g/mol. The average Bonchev–Trinajstić information content (AvgIpc) is 2.43. The fourth-order valence-electron chi connectivity index (χ4n) is 1.71. The molecule has 1 aromatic carbocycles. The summed E-state index contributed by atoms with van der Waals surface area (Å²) in [6.45, 7) is 6.93. The maximum absolute atomic E-state index is 11.6. The third kappa shape index (κ3) is 5.43. The van der Waals surface area contributed by atoms with Crippen LogP contribution in [0.5, 0.6) is 5.75 Å². The number of carbonyl (C=O) groups is 3.